The molecule has 0 radical (unpaired) electrons. The summed E-state index contributed by atoms with van der Waals surface area (Å²) in [5.74, 6) is 1.81. The third-order valence-electron chi connectivity index (χ3n) is 1.35. The molecule has 1 aromatic heterocycles. The third-order valence-corrected chi connectivity index (χ3v) is 2.28. The van der Waals surface area contributed by atoms with E-state index in [-0.39, 0.29) is 5.97 Å². The fourth-order valence-corrected chi connectivity index (χ4v) is 1.55. The minimum absolute atomic E-state index is 0.168. The maximum Gasteiger partial charge on any atom is 0.315 e. The Labute approximate surface area is 81.4 Å². The first-order valence-corrected chi connectivity index (χ1v) is 5.24. The number of hydrogen-bond donors (Lipinski definition) is 0. The summed E-state index contributed by atoms with van der Waals surface area (Å²) in [7, 11) is 0. The van der Waals surface area contributed by atoms with E-state index in [1.807, 2.05) is 12.1 Å². The maximum atomic E-state index is 10.9. The first-order valence-electron chi connectivity index (χ1n) is 4.08. The molecule has 0 N–H and O–H groups in total. The number of carbonyl (C=O) groups excluding carboxylic acids is 1. The van der Waals surface area contributed by atoms with E-state index < -0.39 is 0 Å². The van der Waals surface area contributed by atoms with Gasteiger partial charge in [-0.3, -0.25) is 4.79 Å². The molecule has 0 fully saturated rings. The largest absolute Gasteiger partial charge is 0.468 e. The Balaban J connectivity index is 2.11. The van der Waals surface area contributed by atoms with Crippen LogP contribution in [0.4, 0.5) is 0 Å². The Morgan fingerprint density at radius 1 is 1.69 bits per heavy atom. The summed E-state index contributed by atoms with van der Waals surface area (Å²) in [6.45, 7) is 2.25. The average molecular weight is 200 g/mol. The highest BCUT2D eigenvalue weighted by Gasteiger charge is 2.02. The molecule has 3 nitrogen and oxygen atoms in total. The molecule has 0 amide bonds. The molecule has 4 heteroatoms. The SMILES string of the molecule is CCOC(=O)CSCc1ccco1. The summed E-state index contributed by atoms with van der Waals surface area (Å²) in [6.07, 6.45) is 1.63. The second kappa shape index (κ2) is 5.70. The number of esters is 1. The smallest absolute Gasteiger partial charge is 0.315 e. The lowest BCUT2D eigenvalue weighted by molar-refractivity contribution is -0.139. The fraction of sp³-hybridized carbons (Fsp3) is 0.444. The van der Waals surface area contributed by atoms with Crippen LogP contribution in [0.15, 0.2) is 22.8 Å². The van der Waals surface area contributed by atoms with Gasteiger partial charge in [-0.1, -0.05) is 0 Å². The summed E-state index contributed by atoms with van der Waals surface area (Å²) in [5, 5.41) is 0. The van der Waals surface area contributed by atoms with Gasteiger partial charge < -0.3 is 9.15 Å². The lowest BCUT2D eigenvalue weighted by Gasteiger charge is -1.99. The van der Waals surface area contributed by atoms with Gasteiger partial charge in [-0.2, -0.15) is 0 Å². The molecule has 72 valence electrons. The lowest BCUT2D eigenvalue weighted by atomic mass is 10.5. The number of carbonyl (C=O) groups is 1. The normalized spacial score (nSPS) is 9.92. The Kier molecular flexibility index (Phi) is 4.46. The highest BCUT2D eigenvalue weighted by atomic mass is 32.2. The predicted molar refractivity (Wildman–Crippen MR) is 51.5 cm³/mol. The van der Waals surface area contributed by atoms with E-state index in [4.69, 9.17) is 9.15 Å². The van der Waals surface area contributed by atoms with Gasteiger partial charge in [-0.25, -0.2) is 0 Å². The topological polar surface area (TPSA) is 39.4 Å². The first kappa shape index (κ1) is 10.2. The van der Waals surface area contributed by atoms with Crippen molar-refractivity contribution in [2.75, 3.05) is 12.4 Å². The molecule has 0 bridgehead atoms. The monoisotopic (exact) mass is 200 g/mol. The van der Waals surface area contributed by atoms with E-state index >= 15 is 0 Å². The summed E-state index contributed by atoms with van der Waals surface area (Å²) < 4.78 is 9.87. The second-order valence-electron chi connectivity index (χ2n) is 2.38. The quantitative estimate of drug-likeness (QED) is 0.682. The summed E-state index contributed by atoms with van der Waals surface area (Å²) in [6, 6.07) is 3.72. The van der Waals surface area contributed by atoms with Gasteiger partial charge in [0.1, 0.15) is 5.76 Å². The van der Waals surface area contributed by atoms with Crippen molar-refractivity contribution in [3.05, 3.63) is 24.2 Å². The summed E-state index contributed by atoms with van der Waals surface area (Å²) in [5.41, 5.74) is 0. The molecule has 0 aliphatic heterocycles. The van der Waals surface area contributed by atoms with E-state index in [1.54, 1.807) is 13.2 Å². The Morgan fingerprint density at radius 2 is 2.54 bits per heavy atom. The highest BCUT2D eigenvalue weighted by Crippen LogP contribution is 2.12. The zero-order chi connectivity index (χ0) is 9.52. The van der Waals surface area contributed by atoms with Crippen LogP contribution in [0.2, 0.25) is 0 Å². The zero-order valence-electron chi connectivity index (χ0n) is 7.49. The average Bonchev–Trinajstić information content (AvgIpc) is 2.57. The van der Waals surface area contributed by atoms with Crippen molar-refractivity contribution in [3.8, 4) is 0 Å². The van der Waals surface area contributed by atoms with Crippen molar-refractivity contribution in [1.82, 2.24) is 0 Å². The molecular formula is C9H12O3S. The van der Waals surface area contributed by atoms with Crippen molar-refractivity contribution < 1.29 is 13.9 Å². The molecule has 0 aromatic carbocycles. The summed E-state index contributed by atoms with van der Waals surface area (Å²) in [4.78, 5) is 10.9. The molecule has 0 saturated heterocycles. The van der Waals surface area contributed by atoms with Crippen LogP contribution in [0.25, 0.3) is 0 Å². The van der Waals surface area contributed by atoms with Crippen molar-refractivity contribution in [2.45, 2.75) is 12.7 Å². The van der Waals surface area contributed by atoms with E-state index in [0.29, 0.717) is 18.1 Å². The van der Waals surface area contributed by atoms with Gasteiger partial charge in [0.2, 0.25) is 0 Å². The maximum absolute atomic E-state index is 10.9. The van der Waals surface area contributed by atoms with Crippen LogP contribution < -0.4 is 0 Å². The molecule has 0 atom stereocenters. The molecule has 13 heavy (non-hydrogen) atoms. The zero-order valence-corrected chi connectivity index (χ0v) is 8.30. The van der Waals surface area contributed by atoms with Gasteiger partial charge >= 0.3 is 5.97 Å². The fourth-order valence-electron chi connectivity index (χ4n) is 0.832. The number of hydrogen-bond acceptors (Lipinski definition) is 4. The van der Waals surface area contributed by atoms with Crippen molar-refractivity contribution in [3.63, 3.8) is 0 Å². The lowest BCUT2D eigenvalue weighted by Crippen LogP contribution is -2.06. The van der Waals surface area contributed by atoms with Gasteiger partial charge in [0.05, 0.1) is 24.4 Å². The van der Waals surface area contributed by atoms with Crippen LogP contribution in [0, 0.1) is 0 Å². The van der Waals surface area contributed by atoms with Crippen molar-refractivity contribution >= 4 is 17.7 Å². The van der Waals surface area contributed by atoms with E-state index in [0.717, 1.165) is 5.76 Å². The first-order chi connectivity index (χ1) is 6.33. The number of ether oxygens (including phenoxy) is 1. The minimum Gasteiger partial charge on any atom is -0.468 e. The summed E-state index contributed by atoms with van der Waals surface area (Å²) >= 11 is 1.49. The molecule has 1 aromatic rings. The Morgan fingerprint density at radius 3 is 3.15 bits per heavy atom. The molecular weight excluding hydrogens is 188 g/mol. The Bertz CT molecular complexity index is 243. The van der Waals surface area contributed by atoms with Crippen LogP contribution in [-0.2, 0) is 15.3 Å². The molecule has 0 unspecified atom stereocenters. The van der Waals surface area contributed by atoms with Crippen LogP contribution in [0.1, 0.15) is 12.7 Å². The van der Waals surface area contributed by atoms with Crippen LogP contribution in [0.5, 0.6) is 0 Å². The van der Waals surface area contributed by atoms with E-state index in [1.165, 1.54) is 11.8 Å². The van der Waals surface area contributed by atoms with Gasteiger partial charge in [-0.15, -0.1) is 11.8 Å². The van der Waals surface area contributed by atoms with Crippen LogP contribution in [-0.4, -0.2) is 18.3 Å². The van der Waals surface area contributed by atoms with Crippen molar-refractivity contribution in [2.24, 2.45) is 0 Å². The Hall–Kier alpha value is -0.900. The molecule has 0 aliphatic carbocycles. The second-order valence-corrected chi connectivity index (χ2v) is 3.36. The molecule has 0 spiro atoms. The predicted octanol–water partition coefficient (Wildman–Crippen LogP) is 2.08. The van der Waals surface area contributed by atoms with Crippen molar-refractivity contribution in [1.29, 1.82) is 0 Å². The molecule has 1 rings (SSSR count). The van der Waals surface area contributed by atoms with E-state index in [2.05, 4.69) is 0 Å². The standard InChI is InChI=1S/C9H12O3S/c1-2-11-9(10)7-13-6-8-4-3-5-12-8/h3-5H,2,6-7H2,1H3. The van der Waals surface area contributed by atoms with E-state index in [9.17, 15) is 4.79 Å². The number of thioether (sulfide) groups is 1. The highest BCUT2D eigenvalue weighted by molar-refractivity contribution is 7.99. The van der Waals surface area contributed by atoms with Gasteiger partial charge in [0, 0.05) is 0 Å². The van der Waals surface area contributed by atoms with Gasteiger partial charge in [0.25, 0.3) is 0 Å². The number of rotatable bonds is 5. The molecule has 0 aliphatic rings. The van der Waals surface area contributed by atoms with Gasteiger partial charge in [0.15, 0.2) is 0 Å². The number of furan rings is 1. The van der Waals surface area contributed by atoms with Gasteiger partial charge in [-0.05, 0) is 19.1 Å². The third kappa shape index (κ3) is 4.03. The van der Waals surface area contributed by atoms with Crippen LogP contribution >= 0.6 is 11.8 Å². The molecule has 1 heterocycles. The van der Waals surface area contributed by atoms with Crippen LogP contribution in [0.3, 0.4) is 0 Å². The molecule has 0 saturated carbocycles. The minimum atomic E-state index is -0.168.